The van der Waals surface area contributed by atoms with Gasteiger partial charge in [-0.25, -0.2) is 4.79 Å². The van der Waals surface area contributed by atoms with E-state index in [0.29, 0.717) is 17.9 Å². The molecule has 1 rings (SSSR count). The molecule has 1 aromatic rings. The Hall–Kier alpha value is -2.08. The summed E-state index contributed by atoms with van der Waals surface area (Å²) in [5.74, 6) is -0.256. The molecule has 0 radical (unpaired) electrons. The number of halogens is 1. The maximum Gasteiger partial charge on any atom is 0.344 e. The number of carbonyl (C=O) groups excluding carboxylic acids is 2. The quantitative estimate of drug-likeness (QED) is 0.301. The second-order valence-corrected chi connectivity index (χ2v) is 5.82. The lowest BCUT2D eigenvalue weighted by Gasteiger charge is -2.10. The minimum absolute atomic E-state index is 0.0472. The highest BCUT2D eigenvalue weighted by Gasteiger charge is 2.12. The van der Waals surface area contributed by atoms with E-state index in [9.17, 15) is 9.59 Å². The first-order chi connectivity index (χ1) is 10.9. The number of amides is 1. The van der Waals surface area contributed by atoms with Crippen LogP contribution in [0.15, 0.2) is 23.8 Å². The van der Waals surface area contributed by atoms with E-state index < -0.39 is 5.97 Å². The topological polar surface area (TPSA) is 79.6 Å². The Kier molecular flexibility index (Phi) is 7.54. The van der Waals surface area contributed by atoms with Crippen LogP contribution in [0.5, 0.6) is 5.75 Å². The maximum absolute atomic E-state index is 11.8. The molecule has 0 saturated carbocycles. The van der Waals surface area contributed by atoms with Crippen molar-refractivity contribution in [3.8, 4) is 11.8 Å². The van der Waals surface area contributed by atoms with Crippen LogP contribution in [0.2, 0.25) is 0 Å². The SMILES string of the molecule is CCOC(=O)COc1ccc(/C=C(/C#N)C(=O)N(C)C)cc1I. The van der Waals surface area contributed by atoms with Gasteiger partial charge in [0.15, 0.2) is 6.61 Å². The summed E-state index contributed by atoms with van der Waals surface area (Å²) in [5, 5.41) is 9.08. The van der Waals surface area contributed by atoms with Crippen molar-refractivity contribution in [1.29, 1.82) is 5.26 Å². The molecule has 23 heavy (non-hydrogen) atoms. The molecule has 122 valence electrons. The number of hydrogen-bond acceptors (Lipinski definition) is 5. The van der Waals surface area contributed by atoms with Crippen molar-refractivity contribution in [2.45, 2.75) is 6.92 Å². The van der Waals surface area contributed by atoms with Crippen LogP contribution in [0.25, 0.3) is 6.08 Å². The lowest BCUT2D eigenvalue weighted by molar-refractivity contribution is -0.145. The zero-order chi connectivity index (χ0) is 17.4. The van der Waals surface area contributed by atoms with Crippen molar-refractivity contribution < 1.29 is 19.1 Å². The number of hydrogen-bond donors (Lipinski definition) is 0. The molecule has 0 spiro atoms. The Morgan fingerprint density at radius 2 is 2.09 bits per heavy atom. The molecular formula is C16H17IN2O4. The summed E-state index contributed by atoms with van der Waals surface area (Å²) in [5.41, 5.74) is 0.746. The third-order valence-corrected chi connectivity index (χ3v) is 3.52. The molecule has 0 unspecified atom stereocenters. The van der Waals surface area contributed by atoms with E-state index in [2.05, 4.69) is 22.6 Å². The molecule has 7 heteroatoms. The molecule has 0 aliphatic heterocycles. The summed E-state index contributed by atoms with van der Waals surface area (Å²) in [7, 11) is 3.17. The average molecular weight is 428 g/mol. The number of carbonyl (C=O) groups is 2. The van der Waals surface area contributed by atoms with E-state index in [4.69, 9.17) is 14.7 Å². The fourth-order valence-electron chi connectivity index (χ4n) is 1.61. The van der Waals surface area contributed by atoms with Crippen LogP contribution < -0.4 is 4.74 Å². The van der Waals surface area contributed by atoms with Crippen LogP contribution >= 0.6 is 22.6 Å². The van der Waals surface area contributed by atoms with Gasteiger partial charge >= 0.3 is 5.97 Å². The molecule has 1 amide bonds. The van der Waals surface area contributed by atoms with E-state index >= 15 is 0 Å². The molecule has 0 N–H and O–H groups in total. The van der Waals surface area contributed by atoms with Gasteiger partial charge in [0.1, 0.15) is 17.4 Å². The van der Waals surface area contributed by atoms with Gasteiger partial charge in [0.25, 0.3) is 5.91 Å². The first kappa shape index (κ1) is 19.0. The van der Waals surface area contributed by atoms with Crippen LogP contribution in [0.1, 0.15) is 12.5 Å². The summed E-state index contributed by atoms with van der Waals surface area (Å²) >= 11 is 2.06. The molecule has 0 atom stereocenters. The Morgan fingerprint density at radius 3 is 2.61 bits per heavy atom. The molecular weight excluding hydrogens is 411 g/mol. The highest BCUT2D eigenvalue weighted by molar-refractivity contribution is 14.1. The molecule has 1 aromatic carbocycles. The van der Waals surface area contributed by atoms with Crippen LogP contribution in [0.4, 0.5) is 0 Å². The van der Waals surface area contributed by atoms with Crippen molar-refractivity contribution >= 4 is 40.5 Å². The van der Waals surface area contributed by atoms with Crippen molar-refractivity contribution in [3.05, 3.63) is 32.9 Å². The molecule has 0 saturated heterocycles. The van der Waals surface area contributed by atoms with Crippen LogP contribution in [0.3, 0.4) is 0 Å². The zero-order valence-corrected chi connectivity index (χ0v) is 15.3. The van der Waals surface area contributed by atoms with Crippen molar-refractivity contribution in [3.63, 3.8) is 0 Å². The Labute approximate surface area is 148 Å². The molecule has 0 aliphatic rings. The molecule has 0 bridgehead atoms. The van der Waals surface area contributed by atoms with Crippen LogP contribution in [0, 0.1) is 14.9 Å². The molecule has 0 aliphatic carbocycles. The standard InChI is InChI=1S/C16H17IN2O4/c1-4-22-15(20)10-23-14-6-5-11(8-13(14)17)7-12(9-18)16(21)19(2)3/h5-8H,4,10H2,1-3H3/b12-7-. The highest BCUT2D eigenvalue weighted by Crippen LogP contribution is 2.23. The minimum Gasteiger partial charge on any atom is -0.481 e. The number of nitrogens with zero attached hydrogens (tertiary/aromatic N) is 2. The number of likely N-dealkylation sites (N-methyl/N-ethyl adjacent to an activating group) is 1. The van der Waals surface area contributed by atoms with Gasteiger partial charge in [-0.3, -0.25) is 4.79 Å². The zero-order valence-electron chi connectivity index (χ0n) is 13.1. The highest BCUT2D eigenvalue weighted by atomic mass is 127. The second kappa shape index (κ2) is 9.15. The molecule has 6 nitrogen and oxygen atoms in total. The summed E-state index contributed by atoms with van der Waals surface area (Å²) < 4.78 is 10.9. The first-order valence-electron chi connectivity index (χ1n) is 6.80. The van der Waals surface area contributed by atoms with Gasteiger partial charge < -0.3 is 14.4 Å². The van der Waals surface area contributed by atoms with Gasteiger partial charge in [-0.15, -0.1) is 0 Å². The normalized spacial score (nSPS) is 10.7. The predicted molar refractivity (Wildman–Crippen MR) is 93.6 cm³/mol. The third-order valence-electron chi connectivity index (χ3n) is 2.67. The lowest BCUT2D eigenvalue weighted by atomic mass is 10.1. The van der Waals surface area contributed by atoms with Gasteiger partial charge in [-0.2, -0.15) is 5.26 Å². The van der Waals surface area contributed by atoms with Gasteiger partial charge in [-0.05, 0) is 53.3 Å². The van der Waals surface area contributed by atoms with Crippen molar-refractivity contribution in [1.82, 2.24) is 4.90 Å². The first-order valence-corrected chi connectivity index (χ1v) is 7.88. The van der Waals surface area contributed by atoms with E-state index in [1.807, 2.05) is 6.07 Å². The molecule has 0 heterocycles. The van der Waals surface area contributed by atoms with Crippen LogP contribution in [-0.4, -0.2) is 44.1 Å². The fraction of sp³-hybridized carbons (Fsp3) is 0.312. The predicted octanol–water partition coefficient (Wildman–Crippen LogP) is 2.23. The fourth-order valence-corrected chi connectivity index (χ4v) is 2.31. The van der Waals surface area contributed by atoms with Crippen molar-refractivity contribution in [2.24, 2.45) is 0 Å². The minimum atomic E-state index is -0.435. The van der Waals surface area contributed by atoms with Gasteiger partial charge in [0, 0.05) is 14.1 Å². The van der Waals surface area contributed by atoms with Crippen LogP contribution in [-0.2, 0) is 14.3 Å². The maximum atomic E-state index is 11.8. The summed E-state index contributed by atoms with van der Waals surface area (Å²) in [6.07, 6.45) is 1.51. The number of esters is 1. The number of benzene rings is 1. The van der Waals surface area contributed by atoms with Gasteiger partial charge in [0.05, 0.1) is 10.2 Å². The number of ether oxygens (including phenoxy) is 2. The number of rotatable bonds is 6. The lowest BCUT2D eigenvalue weighted by Crippen LogP contribution is -2.22. The smallest absolute Gasteiger partial charge is 0.344 e. The van der Waals surface area contributed by atoms with E-state index in [1.54, 1.807) is 39.2 Å². The average Bonchev–Trinajstić information content (AvgIpc) is 2.51. The summed E-state index contributed by atoms with van der Waals surface area (Å²) in [6, 6.07) is 7.05. The number of nitriles is 1. The molecule has 0 fully saturated rings. The van der Waals surface area contributed by atoms with E-state index in [-0.39, 0.29) is 18.1 Å². The second-order valence-electron chi connectivity index (χ2n) is 4.65. The van der Waals surface area contributed by atoms with E-state index in [0.717, 1.165) is 3.57 Å². The Morgan fingerprint density at radius 1 is 1.39 bits per heavy atom. The molecule has 0 aromatic heterocycles. The van der Waals surface area contributed by atoms with Gasteiger partial charge in [0.2, 0.25) is 0 Å². The summed E-state index contributed by atoms with van der Waals surface area (Å²) in [6.45, 7) is 1.87. The van der Waals surface area contributed by atoms with Gasteiger partial charge in [-0.1, -0.05) is 6.07 Å². The Bertz CT molecular complexity index is 663. The summed E-state index contributed by atoms with van der Waals surface area (Å²) in [4.78, 5) is 24.5. The van der Waals surface area contributed by atoms with Crippen molar-refractivity contribution in [2.75, 3.05) is 27.3 Å². The monoisotopic (exact) mass is 428 g/mol. The van der Waals surface area contributed by atoms with E-state index in [1.165, 1.54) is 11.0 Å². The Balaban J connectivity index is 2.89. The largest absolute Gasteiger partial charge is 0.481 e. The third kappa shape index (κ3) is 5.90.